The Kier molecular flexibility index (Phi) is 4.12. The molecule has 0 radical (unpaired) electrons. The quantitative estimate of drug-likeness (QED) is 0.844. The molecule has 2 unspecified atom stereocenters. The summed E-state index contributed by atoms with van der Waals surface area (Å²) >= 11 is 11.7. The number of hydrogen-bond acceptors (Lipinski definition) is 2. The highest BCUT2D eigenvalue weighted by molar-refractivity contribution is 6.35. The number of rotatable bonds is 3. The van der Waals surface area contributed by atoms with Crippen LogP contribution in [0.15, 0.2) is 30.4 Å². The third-order valence-corrected chi connectivity index (χ3v) is 3.45. The van der Waals surface area contributed by atoms with Gasteiger partial charge in [-0.15, -0.1) is 0 Å². The number of nitrogens with one attached hydrogen (secondary N) is 1. The summed E-state index contributed by atoms with van der Waals surface area (Å²) < 4.78 is 0. The monoisotopic (exact) mass is 299 g/mol. The van der Waals surface area contributed by atoms with Gasteiger partial charge in [-0.25, -0.2) is 0 Å². The first-order chi connectivity index (χ1) is 8.97. The molecule has 0 saturated heterocycles. The van der Waals surface area contributed by atoms with Gasteiger partial charge in [0.05, 0.1) is 16.5 Å². The molecule has 100 valence electrons. The van der Waals surface area contributed by atoms with Crippen molar-refractivity contribution in [1.82, 2.24) is 5.32 Å². The summed E-state index contributed by atoms with van der Waals surface area (Å²) in [5.41, 5.74) is 0.279. The maximum Gasteiger partial charge on any atom is 0.310 e. The van der Waals surface area contributed by atoms with Gasteiger partial charge in [0.1, 0.15) is 0 Å². The van der Waals surface area contributed by atoms with E-state index in [1.165, 1.54) is 6.07 Å². The number of carbonyl (C=O) groups is 2. The summed E-state index contributed by atoms with van der Waals surface area (Å²) in [5, 5.41) is 12.3. The second-order valence-corrected chi connectivity index (χ2v) is 5.11. The maximum atomic E-state index is 12.0. The molecule has 0 saturated carbocycles. The van der Waals surface area contributed by atoms with E-state index in [9.17, 15) is 9.59 Å². The van der Waals surface area contributed by atoms with Crippen LogP contribution in [0, 0.1) is 5.92 Å². The van der Waals surface area contributed by atoms with E-state index >= 15 is 0 Å². The highest BCUT2D eigenvalue weighted by atomic mass is 35.5. The summed E-state index contributed by atoms with van der Waals surface area (Å²) in [4.78, 5) is 22.8. The molecule has 0 aliphatic heterocycles. The van der Waals surface area contributed by atoms with Crippen molar-refractivity contribution in [1.29, 1.82) is 0 Å². The largest absolute Gasteiger partial charge is 0.481 e. The van der Waals surface area contributed by atoms with Gasteiger partial charge in [0.2, 0.25) is 0 Å². The van der Waals surface area contributed by atoms with Crippen LogP contribution in [0.25, 0.3) is 0 Å². The standard InChI is InChI=1S/C13H11Cl2NO3/c14-8-2-4-11(15)10(6-8)12(17)16-9-3-1-7(5-9)13(18)19/h1-4,6-7,9H,5H2,(H,16,17)(H,18,19). The molecule has 0 aromatic heterocycles. The Balaban J connectivity index is 2.05. The fourth-order valence-electron chi connectivity index (χ4n) is 1.91. The molecule has 1 aliphatic carbocycles. The number of benzene rings is 1. The van der Waals surface area contributed by atoms with E-state index in [0.29, 0.717) is 16.5 Å². The lowest BCUT2D eigenvalue weighted by molar-refractivity contribution is -0.140. The van der Waals surface area contributed by atoms with Gasteiger partial charge in [-0.05, 0) is 24.6 Å². The van der Waals surface area contributed by atoms with Crippen LogP contribution in [0.2, 0.25) is 10.0 Å². The van der Waals surface area contributed by atoms with E-state index in [-0.39, 0.29) is 17.5 Å². The maximum absolute atomic E-state index is 12.0. The van der Waals surface area contributed by atoms with Crippen molar-refractivity contribution < 1.29 is 14.7 Å². The molecule has 0 fully saturated rings. The van der Waals surface area contributed by atoms with Crippen molar-refractivity contribution >= 4 is 35.1 Å². The van der Waals surface area contributed by atoms with E-state index in [2.05, 4.69) is 5.32 Å². The number of halogens is 2. The van der Waals surface area contributed by atoms with Gasteiger partial charge in [0.25, 0.3) is 5.91 Å². The third-order valence-electron chi connectivity index (χ3n) is 2.89. The zero-order valence-corrected chi connectivity index (χ0v) is 11.3. The molecular weight excluding hydrogens is 289 g/mol. The number of carbonyl (C=O) groups excluding carboxylic acids is 1. The van der Waals surface area contributed by atoms with E-state index in [4.69, 9.17) is 28.3 Å². The molecule has 1 aliphatic rings. The van der Waals surface area contributed by atoms with Crippen molar-refractivity contribution in [2.75, 3.05) is 0 Å². The Morgan fingerprint density at radius 2 is 2.00 bits per heavy atom. The summed E-state index contributed by atoms with van der Waals surface area (Å²) in [7, 11) is 0. The SMILES string of the molecule is O=C(NC1C=CC(C(=O)O)C1)c1cc(Cl)ccc1Cl. The number of amides is 1. The van der Waals surface area contributed by atoms with Gasteiger partial charge in [-0.1, -0.05) is 35.4 Å². The Bertz CT molecular complexity index is 557. The molecule has 0 heterocycles. The number of hydrogen-bond donors (Lipinski definition) is 2. The molecule has 2 rings (SSSR count). The van der Waals surface area contributed by atoms with Crippen molar-refractivity contribution in [2.24, 2.45) is 5.92 Å². The number of carboxylic acid groups (broad SMARTS) is 1. The second kappa shape index (κ2) is 5.63. The van der Waals surface area contributed by atoms with Crippen LogP contribution in [-0.2, 0) is 4.79 Å². The molecule has 2 N–H and O–H groups in total. The average molecular weight is 300 g/mol. The molecule has 1 aromatic rings. The van der Waals surface area contributed by atoms with Gasteiger partial charge < -0.3 is 10.4 Å². The van der Waals surface area contributed by atoms with Crippen LogP contribution in [-0.4, -0.2) is 23.0 Å². The number of aliphatic carboxylic acids is 1. The Hall–Kier alpha value is -1.52. The van der Waals surface area contributed by atoms with Crippen LogP contribution in [0.3, 0.4) is 0 Å². The van der Waals surface area contributed by atoms with Gasteiger partial charge in [-0.3, -0.25) is 9.59 Å². The Labute approximate surface area is 120 Å². The highest BCUT2D eigenvalue weighted by Gasteiger charge is 2.26. The van der Waals surface area contributed by atoms with Gasteiger partial charge in [-0.2, -0.15) is 0 Å². The summed E-state index contributed by atoms with van der Waals surface area (Å²) in [6.07, 6.45) is 3.60. The van der Waals surface area contributed by atoms with E-state index in [1.807, 2.05) is 0 Å². The Morgan fingerprint density at radius 1 is 1.26 bits per heavy atom. The Morgan fingerprint density at radius 3 is 2.63 bits per heavy atom. The lowest BCUT2D eigenvalue weighted by Gasteiger charge is -2.13. The molecule has 1 amide bonds. The number of carboxylic acids is 1. The smallest absolute Gasteiger partial charge is 0.310 e. The van der Waals surface area contributed by atoms with E-state index in [1.54, 1.807) is 24.3 Å². The third kappa shape index (κ3) is 3.28. The van der Waals surface area contributed by atoms with Crippen LogP contribution in [0.1, 0.15) is 16.8 Å². The minimum Gasteiger partial charge on any atom is -0.481 e. The lowest BCUT2D eigenvalue weighted by Crippen LogP contribution is -2.33. The van der Waals surface area contributed by atoms with Gasteiger partial charge in [0, 0.05) is 11.1 Å². The van der Waals surface area contributed by atoms with E-state index in [0.717, 1.165) is 0 Å². The first-order valence-electron chi connectivity index (χ1n) is 5.64. The molecule has 19 heavy (non-hydrogen) atoms. The fraction of sp³-hybridized carbons (Fsp3) is 0.231. The minimum absolute atomic E-state index is 0.279. The van der Waals surface area contributed by atoms with Crippen molar-refractivity contribution in [3.63, 3.8) is 0 Å². The second-order valence-electron chi connectivity index (χ2n) is 4.27. The van der Waals surface area contributed by atoms with Crippen LogP contribution in [0.4, 0.5) is 0 Å². The predicted molar refractivity (Wildman–Crippen MR) is 72.6 cm³/mol. The zero-order valence-electron chi connectivity index (χ0n) is 9.77. The highest BCUT2D eigenvalue weighted by Crippen LogP contribution is 2.22. The van der Waals surface area contributed by atoms with Crippen LogP contribution < -0.4 is 5.32 Å². The zero-order chi connectivity index (χ0) is 14.0. The first kappa shape index (κ1) is 13.9. The average Bonchev–Trinajstić information content (AvgIpc) is 2.80. The van der Waals surface area contributed by atoms with Crippen molar-refractivity contribution in [2.45, 2.75) is 12.5 Å². The van der Waals surface area contributed by atoms with Crippen molar-refractivity contribution in [3.8, 4) is 0 Å². The molecular formula is C13H11Cl2NO3. The summed E-state index contributed by atoms with van der Waals surface area (Å²) in [6.45, 7) is 0. The van der Waals surface area contributed by atoms with Crippen LogP contribution in [0.5, 0.6) is 0 Å². The van der Waals surface area contributed by atoms with E-state index < -0.39 is 11.9 Å². The minimum atomic E-state index is -0.895. The lowest BCUT2D eigenvalue weighted by atomic mass is 10.1. The van der Waals surface area contributed by atoms with Crippen LogP contribution >= 0.6 is 23.2 Å². The molecule has 2 atom stereocenters. The van der Waals surface area contributed by atoms with Gasteiger partial charge in [0.15, 0.2) is 0 Å². The summed E-state index contributed by atoms with van der Waals surface area (Å²) in [5.74, 6) is -1.82. The normalized spacial score (nSPS) is 21.4. The molecule has 6 heteroatoms. The van der Waals surface area contributed by atoms with Crippen molar-refractivity contribution in [3.05, 3.63) is 46.0 Å². The van der Waals surface area contributed by atoms with Gasteiger partial charge >= 0.3 is 5.97 Å². The molecule has 0 spiro atoms. The predicted octanol–water partition coefficient (Wildman–Crippen LogP) is 2.75. The molecule has 0 bridgehead atoms. The molecule has 4 nitrogen and oxygen atoms in total. The first-order valence-corrected chi connectivity index (χ1v) is 6.40. The fourth-order valence-corrected chi connectivity index (χ4v) is 2.28. The topological polar surface area (TPSA) is 66.4 Å². The summed E-state index contributed by atoms with van der Waals surface area (Å²) in [6, 6.07) is 4.32. The molecule has 1 aromatic carbocycles.